The van der Waals surface area contributed by atoms with Gasteiger partial charge in [0, 0.05) is 34.0 Å². The molecule has 4 saturated carbocycles. The zero-order valence-corrected chi connectivity index (χ0v) is 16.6. The molecule has 0 radical (unpaired) electrons. The fourth-order valence-electron chi connectivity index (χ4n) is 7.12. The van der Waals surface area contributed by atoms with Crippen LogP contribution in [0.5, 0.6) is 0 Å². The third-order valence-electron chi connectivity index (χ3n) is 7.87. The van der Waals surface area contributed by atoms with Crippen LogP contribution in [-0.2, 0) is 11.3 Å². The number of anilines is 1. The van der Waals surface area contributed by atoms with Gasteiger partial charge in [-0.2, -0.15) is 0 Å². The van der Waals surface area contributed by atoms with Gasteiger partial charge in [0.2, 0.25) is 5.91 Å². The number of amides is 1. The van der Waals surface area contributed by atoms with Crippen molar-refractivity contribution in [2.75, 3.05) is 5.32 Å². The van der Waals surface area contributed by atoms with Crippen molar-refractivity contribution in [2.45, 2.75) is 52.0 Å². The van der Waals surface area contributed by atoms with E-state index in [4.69, 9.17) is 0 Å². The molecule has 1 amide bonds. The minimum Gasteiger partial charge on any atom is -0.341 e. The summed E-state index contributed by atoms with van der Waals surface area (Å²) in [6, 6.07) is 15.0. The zero-order valence-electron chi connectivity index (χ0n) is 16.6. The molecule has 1 heterocycles. The Morgan fingerprint density at radius 1 is 0.964 bits per heavy atom. The SMILES string of the molecule is CCn1c2ccccc2c2cc(NC(=O)C34CC5CC(CC(C5)C3)C4)ccc21. The molecule has 0 atom stereocenters. The predicted octanol–water partition coefficient (Wildman–Crippen LogP) is 5.97. The second-order valence-electron chi connectivity index (χ2n) is 9.65. The van der Waals surface area contributed by atoms with Gasteiger partial charge in [-0.3, -0.25) is 4.79 Å². The summed E-state index contributed by atoms with van der Waals surface area (Å²) < 4.78 is 2.36. The molecule has 4 aliphatic carbocycles. The molecule has 4 bridgehead atoms. The van der Waals surface area contributed by atoms with Crippen LogP contribution in [0.25, 0.3) is 21.8 Å². The van der Waals surface area contributed by atoms with E-state index in [1.807, 2.05) is 0 Å². The Balaban J connectivity index is 1.36. The Bertz CT molecular complexity index is 1060. The molecule has 0 unspecified atom stereocenters. The second kappa shape index (κ2) is 5.85. The van der Waals surface area contributed by atoms with E-state index in [1.165, 1.54) is 41.1 Å². The van der Waals surface area contributed by atoms with Gasteiger partial charge in [0.05, 0.1) is 5.41 Å². The van der Waals surface area contributed by atoms with Gasteiger partial charge in [-0.15, -0.1) is 0 Å². The highest BCUT2D eigenvalue weighted by atomic mass is 16.2. The maximum atomic E-state index is 13.4. The second-order valence-corrected chi connectivity index (χ2v) is 9.65. The summed E-state index contributed by atoms with van der Waals surface area (Å²) in [6.07, 6.45) is 7.45. The van der Waals surface area contributed by atoms with Gasteiger partial charge < -0.3 is 9.88 Å². The van der Waals surface area contributed by atoms with Crippen LogP contribution < -0.4 is 5.32 Å². The number of fused-ring (bicyclic) bond motifs is 3. The van der Waals surface area contributed by atoms with Crippen LogP contribution in [0.1, 0.15) is 45.4 Å². The molecule has 3 nitrogen and oxygen atoms in total. The molecule has 0 saturated heterocycles. The van der Waals surface area contributed by atoms with Crippen LogP contribution in [-0.4, -0.2) is 10.5 Å². The van der Waals surface area contributed by atoms with E-state index in [2.05, 4.69) is 59.3 Å². The van der Waals surface area contributed by atoms with E-state index >= 15 is 0 Å². The summed E-state index contributed by atoms with van der Waals surface area (Å²) in [6.45, 7) is 3.14. The van der Waals surface area contributed by atoms with Crippen molar-refractivity contribution in [1.82, 2.24) is 4.57 Å². The molecule has 144 valence electrons. The van der Waals surface area contributed by atoms with E-state index < -0.39 is 0 Å². The number of carbonyl (C=O) groups is 1. The first-order valence-corrected chi connectivity index (χ1v) is 11.0. The number of benzene rings is 2. The molecule has 0 spiro atoms. The maximum Gasteiger partial charge on any atom is 0.230 e. The van der Waals surface area contributed by atoms with Gasteiger partial charge in [-0.25, -0.2) is 0 Å². The molecule has 4 aliphatic rings. The van der Waals surface area contributed by atoms with E-state index in [0.717, 1.165) is 49.2 Å². The molecule has 1 aromatic heterocycles. The number of hydrogen-bond donors (Lipinski definition) is 1. The number of hydrogen-bond acceptors (Lipinski definition) is 1. The summed E-state index contributed by atoms with van der Waals surface area (Å²) >= 11 is 0. The van der Waals surface area contributed by atoms with E-state index in [1.54, 1.807) is 0 Å². The van der Waals surface area contributed by atoms with Crippen molar-refractivity contribution in [1.29, 1.82) is 0 Å². The van der Waals surface area contributed by atoms with Crippen LogP contribution >= 0.6 is 0 Å². The van der Waals surface area contributed by atoms with Crippen LogP contribution in [0.3, 0.4) is 0 Å². The number of aromatic nitrogens is 1. The van der Waals surface area contributed by atoms with Crippen molar-refractivity contribution >= 4 is 33.4 Å². The fourth-order valence-corrected chi connectivity index (χ4v) is 7.12. The fraction of sp³-hybridized carbons (Fsp3) is 0.480. The van der Waals surface area contributed by atoms with Crippen molar-refractivity contribution < 1.29 is 4.79 Å². The van der Waals surface area contributed by atoms with Crippen molar-refractivity contribution in [2.24, 2.45) is 23.2 Å². The Labute approximate surface area is 166 Å². The van der Waals surface area contributed by atoms with E-state index in [0.29, 0.717) is 0 Å². The van der Waals surface area contributed by atoms with Crippen LogP contribution in [0.2, 0.25) is 0 Å². The van der Waals surface area contributed by atoms with Crippen molar-refractivity contribution in [3.05, 3.63) is 42.5 Å². The average molecular weight is 373 g/mol. The van der Waals surface area contributed by atoms with Crippen LogP contribution in [0.15, 0.2) is 42.5 Å². The number of nitrogens with zero attached hydrogens (tertiary/aromatic N) is 1. The molecule has 3 aromatic rings. The summed E-state index contributed by atoms with van der Waals surface area (Å²) in [5.74, 6) is 2.66. The first-order valence-electron chi connectivity index (χ1n) is 11.0. The number of para-hydroxylation sites is 1. The summed E-state index contributed by atoms with van der Waals surface area (Å²) in [5.41, 5.74) is 3.37. The summed E-state index contributed by atoms with van der Waals surface area (Å²) in [4.78, 5) is 13.4. The van der Waals surface area contributed by atoms with Gasteiger partial charge in [0.25, 0.3) is 0 Å². The monoisotopic (exact) mass is 372 g/mol. The number of carbonyl (C=O) groups excluding carboxylic acids is 1. The van der Waals surface area contributed by atoms with Crippen molar-refractivity contribution in [3.8, 4) is 0 Å². The van der Waals surface area contributed by atoms with Gasteiger partial charge in [-0.05, 0) is 87.5 Å². The number of aryl methyl sites for hydroxylation is 1. The molecule has 1 N–H and O–H groups in total. The summed E-state index contributed by atoms with van der Waals surface area (Å²) in [7, 11) is 0. The summed E-state index contributed by atoms with van der Waals surface area (Å²) in [5, 5.41) is 5.84. The van der Waals surface area contributed by atoms with E-state index in [9.17, 15) is 4.79 Å². The molecule has 0 aliphatic heterocycles. The first kappa shape index (κ1) is 16.6. The highest BCUT2D eigenvalue weighted by Gasteiger charge is 2.54. The first-order chi connectivity index (χ1) is 13.6. The maximum absolute atomic E-state index is 13.4. The van der Waals surface area contributed by atoms with Crippen LogP contribution in [0, 0.1) is 23.2 Å². The molecule has 7 rings (SSSR count). The predicted molar refractivity (Wildman–Crippen MR) is 114 cm³/mol. The third kappa shape index (κ3) is 2.31. The van der Waals surface area contributed by atoms with Crippen molar-refractivity contribution in [3.63, 3.8) is 0 Å². The smallest absolute Gasteiger partial charge is 0.230 e. The van der Waals surface area contributed by atoms with Crippen LogP contribution in [0.4, 0.5) is 5.69 Å². The topological polar surface area (TPSA) is 34.0 Å². The van der Waals surface area contributed by atoms with E-state index in [-0.39, 0.29) is 11.3 Å². The lowest BCUT2D eigenvalue weighted by atomic mass is 9.49. The Morgan fingerprint density at radius 2 is 1.61 bits per heavy atom. The van der Waals surface area contributed by atoms with Gasteiger partial charge in [0.15, 0.2) is 0 Å². The quantitative estimate of drug-likeness (QED) is 0.604. The van der Waals surface area contributed by atoms with Gasteiger partial charge >= 0.3 is 0 Å². The molecule has 3 heteroatoms. The standard InChI is InChI=1S/C25H28N2O/c1-2-27-22-6-4-3-5-20(22)21-12-19(7-8-23(21)27)26-24(28)25-13-16-9-17(14-25)11-18(10-16)15-25/h3-8,12,16-18H,2,9-11,13-15H2,1H3,(H,26,28). The highest BCUT2D eigenvalue weighted by Crippen LogP contribution is 2.60. The number of nitrogens with one attached hydrogen (secondary N) is 1. The molecule has 2 aromatic carbocycles. The molecular weight excluding hydrogens is 344 g/mol. The minimum absolute atomic E-state index is 0.0961. The molecule has 28 heavy (non-hydrogen) atoms. The largest absolute Gasteiger partial charge is 0.341 e. The number of rotatable bonds is 3. The Morgan fingerprint density at radius 3 is 2.29 bits per heavy atom. The van der Waals surface area contributed by atoms with Gasteiger partial charge in [-0.1, -0.05) is 18.2 Å². The lowest BCUT2D eigenvalue weighted by molar-refractivity contribution is -0.140. The van der Waals surface area contributed by atoms with Gasteiger partial charge in [0.1, 0.15) is 0 Å². The lowest BCUT2D eigenvalue weighted by Crippen LogP contribution is -2.51. The lowest BCUT2D eigenvalue weighted by Gasteiger charge is -2.55. The molecular formula is C25H28N2O. The molecule has 4 fully saturated rings. The zero-order chi connectivity index (χ0) is 18.9. The Kier molecular flexibility index (Phi) is 3.48. The highest BCUT2D eigenvalue weighted by molar-refractivity contribution is 6.10. The Hall–Kier alpha value is -2.29. The average Bonchev–Trinajstić information content (AvgIpc) is 3.00. The minimum atomic E-state index is -0.0961. The normalized spacial score (nSPS) is 31.0. The third-order valence-corrected chi connectivity index (χ3v) is 7.87.